The molecule has 1 aromatic heterocycles. The Bertz CT molecular complexity index is 521. The van der Waals surface area contributed by atoms with Crippen LogP contribution in [0.15, 0.2) is 36.8 Å². The lowest BCUT2D eigenvalue weighted by Crippen LogP contribution is -2.27. The molecule has 1 fully saturated rings. The average molecular weight is 255 g/mol. The highest BCUT2D eigenvalue weighted by molar-refractivity contribution is 5.37. The SMILES string of the molecule is CCc1ccc(-n2cncc2C2CCNCC2)cc1. The molecule has 0 radical (unpaired) electrons. The van der Waals surface area contributed by atoms with Gasteiger partial charge in [-0.25, -0.2) is 4.98 Å². The molecule has 0 saturated carbocycles. The molecule has 100 valence electrons. The van der Waals surface area contributed by atoms with E-state index in [0.717, 1.165) is 19.5 Å². The van der Waals surface area contributed by atoms with Crippen molar-refractivity contribution >= 4 is 0 Å². The lowest BCUT2D eigenvalue weighted by Gasteiger charge is -2.23. The largest absolute Gasteiger partial charge is 0.317 e. The van der Waals surface area contributed by atoms with Gasteiger partial charge in [0.15, 0.2) is 0 Å². The summed E-state index contributed by atoms with van der Waals surface area (Å²) in [4.78, 5) is 4.36. The maximum atomic E-state index is 4.36. The summed E-state index contributed by atoms with van der Waals surface area (Å²) in [6, 6.07) is 8.82. The Morgan fingerprint density at radius 3 is 2.63 bits per heavy atom. The minimum Gasteiger partial charge on any atom is -0.317 e. The van der Waals surface area contributed by atoms with Gasteiger partial charge in [-0.1, -0.05) is 19.1 Å². The van der Waals surface area contributed by atoms with Crippen LogP contribution < -0.4 is 5.32 Å². The van der Waals surface area contributed by atoms with Crippen LogP contribution in [0.3, 0.4) is 0 Å². The third-order valence-electron chi connectivity index (χ3n) is 4.05. The van der Waals surface area contributed by atoms with Crippen molar-refractivity contribution in [1.82, 2.24) is 14.9 Å². The van der Waals surface area contributed by atoms with Crippen LogP contribution in [0.2, 0.25) is 0 Å². The van der Waals surface area contributed by atoms with Crippen molar-refractivity contribution in [2.75, 3.05) is 13.1 Å². The molecule has 0 bridgehead atoms. The smallest absolute Gasteiger partial charge is 0.0994 e. The van der Waals surface area contributed by atoms with E-state index in [1.54, 1.807) is 0 Å². The zero-order valence-corrected chi connectivity index (χ0v) is 11.5. The second-order valence-electron chi connectivity index (χ2n) is 5.23. The summed E-state index contributed by atoms with van der Waals surface area (Å²) in [6.45, 7) is 4.42. The summed E-state index contributed by atoms with van der Waals surface area (Å²) in [7, 11) is 0. The van der Waals surface area contributed by atoms with Crippen molar-refractivity contribution in [2.45, 2.75) is 32.1 Å². The third kappa shape index (κ3) is 2.56. The number of rotatable bonds is 3. The van der Waals surface area contributed by atoms with Crippen LogP contribution in [0.1, 0.15) is 36.9 Å². The molecule has 1 N–H and O–H groups in total. The molecule has 1 aliphatic heterocycles. The van der Waals surface area contributed by atoms with Gasteiger partial charge in [-0.2, -0.15) is 0 Å². The molecule has 1 aromatic carbocycles. The van der Waals surface area contributed by atoms with Crippen LogP contribution in [-0.4, -0.2) is 22.6 Å². The fourth-order valence-electron chi connectivity index (χ4n) is 2.83. The van der Waals surface area contributed by atoms with Gasteiger partial charge in [0.2, 0.25) is 0 Å². The molecule has 2 heterocycles. The zero-order chi connectivity index (χ0) is 13.1. The molecular formula is C16H21N3. The van der Waals surface area contributed by atoms with Crippen molar-refractivity contribution in [3.05, 3.63) is 48.0 Å². The molecule has 1 aliphatic rings. The fourth-order valence-corrected chi connectivity index (χ4v) is 2.83. The number of aromatic nitrogens is 2. The molecule has 2 aromatic rings. The zero-order valence-electron chi connectivity index (χ0n) is 11.5. The van der Waals surface area contributed by atoms with E-state index in [-0.39, 0.29) is 0 Å². The minimum atomic E-state index is 0.634. The molecule has 0 amide bonds. The van der Waals surface area contributed by atoms with Gasteiger partial charge in [0, 0.05) is 23.5 Å². The van der Waals surface area contributed by atoms with Crippen molar-refractivity contribution in [1.29, 1.82) is 0 Å². The Labute approximate surface area is 114 Å². The first-order valence-electron chi connectivity index (χ1n) is 7.20. The van der Waals surface area contributed by atoms with Crippen LogP contribution in [0.5, 0.6) is 0 Å². The third-order valence-corrected chi connectivity index (χ3v) is 4.05. The minimum absolute atomic E-state index is 0.634. The highest BCUT2D eigenvalue weighted by Crippen LogP contribution is 2.27. The van der Waals surface area contributed by atoms with Gasteiger partial charge in [0.1, 0.15) is 0 Å². The Morgan fingerprint density at radius 1 is 1.21 bits per heavy atom. The first-order valence-corrected chi connectivity index (χ1v) is 7.20. The molecule has 3 heteroatoms. The summed E-state index contributed by atoms with van der Waals surface area (Å²) in [6.07, 6.45) is 7.48. The van der Waals surface area contributed by atoms with Crippen molar-refractivity contribution in [2.24, 2.45) is 0 Å². The van der Waals surface area contributed by atoms with Gasteiger partial charge in [-0.05, 0) is 50.0 Å². The molecule has 19 heavy (non-hydrogen) atoms. The maximum Gasteiger partial charge on any atom is 0.0994 e. The van der Waals surface area contributed by atoms with Crippen LogP contribution in [0.4, 0.5) is 0 Å². The number of nitrogens with one attached hydrogen (secondary N) is 1. The standard InChI is InChI=1S/C16H21N3/c1-2-13-3-5-15(6-4-13)19-12-18-11-16(19)14-7-9-17-10-8-14/h3-6,11-12,14,17H,2,7-10H2,1H3. The van der Waals surface area contributed by atoms with Gasteiger partial charge < -0.3 is 9.88 Å². The molecular weight excluding hydrogens is 234 g/mol. The van der Waals surface area contributed by atoms with Gasteiger partial charge in [0.25, 0.3) is 0 Å². The van der Waals surface area contributed by atoms with E-state index >= 15 is 0 Å². The maximum absolute atomic E-state index is 4.36. The molecule has 3 nitrogen and oxygen atoms in total. The Balaban J connectivity index is 1.89. The van der Waals surface area contributed by atoms with Crippen LogP contribution >= 0.6 is 0 Å². The number of aryl methyl sites for hydroxylation is 1. The summed E-state index contributed by atoms with van der Waals surface area (Å²) in [5.74, 6) is 0.634. The number of nitrogens with zero attached hydrogens (tertiary/aromatic N) is 2. The lowest BCUT2D eigenvalue weighted by molar-refractivity contribution is 0.449. The number of benzene rings is 1. The van der Waals surface area contributed by atoms with Crippen LogP contribution in [0, 0.1) is 0 Å². The van der Waals surface area contributed by atoms with Gasteiger partial charge >= 0.3 is 0 Å². The highest BCUT2D eigenvalue weighted by Gasteiger charge is 2.19. The number of hydrogen-bond acceptors (Lipinski definition) is 2. The van der Waals surface area contributed by atoms with E-state index in [1.807, 2.05) is 12.5 Å². The average Bonchev–Trinajstić information content (AvgIpc) is 2.98. The van der Waals surface area contributed by atoms with Gasteiger partial charge in [-0.3, -0.25) is 0 Å². The second kappa shape index (κ2) is 5.57. The first-order chi connectivity index (χ1) is 9.38. The van der Waals surface area contributed by atoms with E-state index < -0.39 is 0 Å². The molecule has 3 rings (SSSR count). The van der Waals surface area contributed by atoms with E-state index in [4.69, 9.17) is 0 Å². The summed E-state index contributed by atoms with van der Waals surface area (Å²) in [5, 5.41) is 3.42. The number of hydrogen-bond donors (Lipinski definition) is 1. The van der Waals surface area contributed by atoms with Gasteiger partial charge in [0.05, 0.1) is 6.33 Å². The Kier molecular flexibility index (Phi) is 3.65. The number of imidazole rings is 1. The topological polar surface area (TPSA) is 29.9 Å². The summed E-state index contributed by atoms with van der Waals surface area (Å²) < 4.78 is 2.25. The number of piperidine rings is 1. The van der Waals surface area contributed by atoms with E-state index in [0.29, 0.717) is 5.92 Å². The normalized spacial score (nSPS) is 16.7. The Hall–Kier alpha value is -1.61. The van der Waals surface area contributed by atoms with Crippen molar-refractivity contribution < 1.29 is 0 Å². The van der Waals surface area contributed by atoms with E-state index in [1.165, 1.54) is 29.8 Å². The van der Waals surface area contributed by atoms with Crippen LogP contribution in [-0.2, 0) is 6.42 Å². The molecule has 0 unspecified atom stereocenters. The predicted molar refractivity (Wildman–Crippen MR) is 77.8 cm³/mol. The summed E-state index contributed by atoms with van der Waals surface area (Å²) in [5.41, 5.74) is 3.96. The van der Waals surface area contributed by atoms with Crippen molar-refractivity contribution in [3.63, 3.8) is 0 Å². The Morgan fingerprint density at radius 2 is 1.95 bits per heavy atom. The molecule has 0 aliphatic carbocycles. The van der Waals surface area contributed by atoms with Crippen molar-refractivity contribution in [3.8, 4) is 5.69 Å². The second-order valence-corrected chi connectivity index (χ2v) is 5.23. The fraction of sp³-hybridized carbons (Fsp3) is 0.438. The molecule has 0 atom stereocenters. The van der Waals surface area contributed by atoms with Gasteiger partial charge in [-0.15, -0.1) is 0 Å². The summed E-state index contributed by atoms with van der Waals surface area (Å²) >= 11 is 0. The monoisotopic (exact) mass is 255 g/mol. The highest BCUT2D eigenvalue weighted by atomic mass is 15.1. The molecule has 1 saturated heterocycles. The predicted octanol–water partition coefficient (Wildman–Crippen LogP) is 2.90. The molecule has 0 spiro atoms. The van der Waals surface area contributed by atoms with Crippen LogP contribution in [0.25, 0.3) is 5.69 Å². The first kappa shape index (κ1) is 12.4. The quantitative estimate of drug-likeness (QED) is 0.914. The lowest BCUT2D eigenvalue weighted by atomic mass is 9.95. The van der Waals surface area contributed by atoms with E-state index in [9.17, 15) is 0 Å². The van der Waals surface area contributed by atoms with E-state index in [2.05, 4.69) is 46.1 Å².